The first-order valence-corrected chi connectivity index (χ1v) is 14.7. The van der Waals surface area contributed by atoms with Gasteiger partial charge in [-0.1, -0.05) is 17.4 Å². The minimum Gasteiger partial charge on any atom is -0.497 e. The van der Waals surface area contributed by atoms with Crippen LogP contribution in [-0.4, -0.2) is 60.1 Å². The van der Waals surface area contributed by atoms with Gasteiger partial charge in [0.25, 0.3) is 5.91 Å². The summed E-state index contributed by atoms with van der Waals surface area (Å²) < 4.78 is 18.3. The van der Waals surface area contributed by atoms with E-state index in [-0.39, 0.29) is 40.2 Å². The van der Waals surface area contributed by atoms with E-state index in [1.165, 1.54) is 11.3 Å². The Bertz CT molecular complexity index is 1470. The van der Waals surface area contributed by atoms with Crippen molar-refractivity contribution >= 4 is 73.4 Å². The number of hydrogen-bond donors (Lipinski definition) is 1. The van der Waals surface area contributed by atoms with Crippen LogP contribution < -0.4 is 14.9 Å². The Morgan fingerprint density at radius 3 is 2.49 bits per heavy atom. The molecule has 2 aromatic heterocycles. The number of carbonyl (C=O) groups excluding carboxylic acids is 4. The third-order valence-electron chi connectivity index (χ3n) is 5.22. The predicted molar refractivity (Wildman–Crippen MR) is 154 cm³/mol. The molecule has 1 N–H and O–H groups in total. The van der Waals surface area contributed by atoms with Gasteiger partial charge < -0.3 is 24.1 Å². The number of esters is 2. The third-order valence-corrected chi connectivity index (χ3v) is 8.37. The van der Waals surface area contributed by atoms with Crippen LogP contribution in [0.5, 0.6) is 5.75 Å². The topological polar surface area (TPSA) is 125 Å². The molecular formula is C26H29N3O7S3. The smallest absolute Gasteiger partial charge is 0.348 e. The van der Waals surface area contributed by atoms with E-state index in [1.807, 2.05) is 22.8 Å². The van der Waals surface area contributed by atoms with Crippen LogP contribution >= 0.6 is 34.4 Å². The zero-order valence-corrected chi connectivity index (χ0v) is 24.5. The lowest BCUT2D eigenvalue weighted by molar-refractivity contribution is -0.115. The number of thiazole rings is 1. The monoisotopic (exact) mass is 591 g/mol. The fourth-order valence-corrected chi connectivity index (χ4v) is 6.33. The first-order chi connectivity index (χ1) is 18.7. The number of carbonyl (C=O) groups is 4. The zero-order chi connectivity index (χ0) is 28.5. The molecule has 0 radical (unpaired) electrons. The number of aromatic nitrogens is 1. The highest BCUT2D eigenvalue weighted by molar-refractivity contribution is 8.00. The van der Waals surface area contributed by atoms with E-state index in [9.17, 15) is 19.2 Å². The molecule has 0 aliphatic rings. The van der Waals surface area contributed by atoms with Crippen LogP contribution in [0, 0.1) is 6.92 Å². The molecule has 0 aliphatic carbocycles. The maximum atomic E-state index is 12.7. The van der Waals surface area contributed by atoms with Crippen LogP contribution in [0.3, 0.4) is 0 Å². The molecule has 3 rings (SSSR count). The summed E-state index contributed by atoms with van der Waals surface area (Å²) in [5, 5.41) is 2.87. The Hall–Kier alpha value is -3.42. The molecule has 0 aliphatic heterocycles. The van der Waals surface area contributed by atoms with Crippen molar-refractivity contribution < 1.29 is 33.4 Å². The molecule has 13 heteroatoms. The predicted octanol–water partition coefficient (Wildman–Crippen LogP) is 4.42. The fraction of sp³-hybridized carbons (Fsp3) is 0.346. The average molecular weight is 592 g/mol. The van der Waals surface area contributed by atoms with Crippen molar-refractivity contribution in [2.75, 3.05) is 37.1 Å². The van der Waals surface area contributed by atoms with Crippen LogP contribution in [-0.2, 0) is 25.6 Å². The van der Waals surface area contributed by atoms with Gasteiger partial charge in [0, 0.05) is 6.54 Å². The van der Waals surface area contributed by atoms with Gasteiger partial charge in [-0.05, 0) is 44.5 Å². The van der Waals surface area contributed by atoms with Gasteiger partial charge in [-0.3, -0.25) is 9.59 Å². The van der Waals surface area contributed by atoms with Crippen LogP contribution in [0.25, 0.3) is 10.2 Å². The van der Waals surface area contributed by atoms with E-state index in [0.29, 0.717) is 22.7 Å². The number of ether oxygens (including phenoxy) is 3. The van der Waals surface area contributed by atoms with Crippen LogP contribution in [0.4, 0.5) is 5.00 Å². The summed E-state index contributed by atoms with van der Waals surface area (Å²) in [7, 11) is 1.59. The van der Waals surface area contributed by atoms with Crippen molar-refractivity contribution in [1.29, 1.82) is 0 Å². The van der Waals surface area contributed by atoms with E-state index in [4.69, 9.17) is 14.2 Å². The molecule has 208 valence electrons. The number of fused-ring (bicyclic) bond motifs is 1. The summed E-state index contributed by atoms with van der Waals surface area (Å²) in [6, 6.07) is 5.63. The van der Waals surface area contributed by atoms with E-state index >= 15 is 0 Å². The standard InChI is InChI=1S/C26H29N3O7S3/c1-6-11-29-17-10-9-16(34-5)12-18(17)38-26(29)28-20(31)14-37-13-19(30)27-23-21(24(32)35-7-2)15(4)22(39-23)25(33)36-8-3/h6,9-10,12H,1,7-8,11,13-14H2,2-5H3,(H,27,30). The number of rotatable bonds is 12. The summed E-state index contributed by atoms with van der Waals surface area (Å²) >= 11 is 3.40. The van der Waals surface area contributed by atoms with E-state index in [1.54, 1.807) is 34.0 Å². The molecule has 0 saturated heterocycles. The second-order valence-corrected chi connectivity index (χ2v) is 10.9. The van der Waals surface area contributed by atoms with Crippen LogP contribution in [0.15, 0.2) is 35.8 Å². The lowest BCUT2D eigenvalue weighted by Gasteiger charge is -2.07. The molecule has 39 heavy (non-hydrogen) atoms. The molecule has 0 bridgehead atoms. The van der Waals surface area contributed by atoms with Crippen molar-refractivity contribution in [2.24, 2.45) is 4.99 Å². The Morgan fingerprint density at radius 2 is 1.82 bits per heavy atom. The molecule has 0 fully saturated rings. The molecule has 2 heterocycles. The SMILES string of the molecule is C=CCn1c(=NC(=O)CSCC(=O)Nc2sc(C(=O)OCC)c(C)c2C(=O)OCC)sc2cc(OC)ccc21. The van der Waals surface area contributed by atoms with Gasteiger partial charge in [0.1, 0.15) is 15.6 Å². The molecule has 0 atom stereocenters. The van der Waals surface area contributed by atoms with Gasteiger partial charge in [0.2, 0.25) is 5.91 Å². The number of nitrogens with zero attached hydrogens (tertiary/aromatic N) is 2. The average Bonchev–Trinajstić information content (AvgIpc) is 3.40. The number of thiophene rings is 1. The van der Waals surface area contributed by atoms with E-state index in [2.05, 4.69) is 16.9 Å². The van der Waals surface area contributed by atoms with Gasteiger partial charge >= 0.3 is 11.9 Å². The Morgan fingerprint density at radius 1 is 1.10 bits per heavy atom. The number of hydrogen-bond acceptors (Lipinski definition) is 10. The number of methoxy groups -OCH3 is 1. The second kappa shape index (κ2) is 14.1. The highest BCUT2D eigenvalue weighted by Gasteiger charge is 2.27. The molecule has 2 amide bonds. The molecule has 0 unspecified atom stereocenters. The molecular weight excluding hydrogens is 563 g/mol. The van der Waals surface area contributed by atoms with Gasteiger partial charge in [0.15, 0.2) is 4.80 Å². The fourth-order valence-electron chi connectivity index (χ4n) is 3.55. The highest BCUT2D eigenvalue weighted by Crippen LogP contribution is 2.34. The Kier molecular flexibility index (Phi) is 10.9. The van der Waals surface area contributed by atoms with Crippen molar-refractivity contribution in [1.82, 2.24) is 4.57 Å². The van der Waals surface area contributed by atoms with Crippen LogP contribution in [0.1, 0.15) is 39.4 Å². The van der Waals surface area contributed by atoms with Crippen molar-refractivity contribution in [2.45, 2.75) is 27.3 Å². The summed E-state index contributed by atoms with van der Waals surface area (Å²) in [5.41, 5.74) is 1.40. The lowest BCUT2D eigenvalue weighted by Crippen LogP contribution is -2.19. The minimum absolute atomic E-state index is 0.0264. The van der Waals surface area contributed by atoms with Gasteiger partial charge in [0.05, 0.1) is 47.6 Å². The van der Waals surface area contributed by atoms with Crippen molar-refractivity contribution in [3.05, 3.63) is 51.7 Å². The molecule has 0 spiro atoms. The number of nitrogens with one attached hydrogen (secondary N) is 1. The van der Waals surface area contributed by atoms with Crippen molar-refractivity contribution in [3.8, 4) is 5.75 Å². The first kappa shape index (κ1) is 30.1. The first-order valence-electron chi connectivity index (χ1n) is 11.9. The largest absolute Gasteiger partial charge is 0.497 e. The minimum atomic E-state index is -0.646. The maximum Gasteiger partial charge on any atom is 0.348 e. The number of amides is 2. The summed E-state index contributed by atoms with van der Waals surface area (Å²) in [6.45, 7) is 9.51. The second-order valence-electron chi connectivity index (χ2n) is 7.87. The highest BCUT2D eigenvalue weighted by atomic mass is 32.2. The molecule has 1 aromatic carbocycles. The Labute approximate surface area is 237 Å². The summed E-state index contributed by atoms with van der Waals surface area (Å²) in [4.78, 5) is 55.1. The van der Waals surface area contributed by atoms with E-state index < -0.39 is 23.8 Å². The number of benzene rings is 1. The Balaban J connectivity index is 1.70. The number of anilines is 1. The molecule has 0 saturated carbocycles. The van der Waals surface area contributed by atoms with Gasteiger partial charge in [-0.25, -0.2) is 9.59 Å². The molecule has 10 nitrogen and oxygen atoms in total. The van der Waals surface area contributed by atoms with Gasteiger partial charge in [-0.15, -0.1) is 29.7 Å². The quantitative estimate of drug-likeness (QED) is 0.242. The normalized spacial score (nSPS) is 11.3. The molecule has 3 aromatic rings. The van der Waals surface area contributed by atoms with Crippen LogP contribution in [0.2, 0.25) is 0 Å². The summed E-state index contributed by atoms with van der Waals surface area (Å²) in [6.07, 6.45) is 1.73. The van der Waals surface area contributed by atoms with Gasteiger partial charge in [-0.2, -0.15) is 4.99 Å². The third kappa shape index (κ3) is 7.37. The van der Waals surface area contributed by atoms with Crippen molar-refractivity contribution in [3.63, 3.8) is 0 Å². The number of allylic oxidation sites excluding steroid dienone is 1. The summed E-state index contributed by atoms with van der Waals surface area (Å²) in [5.74, 6) is -1.45. The lowest BCUT2D eigenvalue weighted by atomic mass is 10.1. The van der Waals surface area contributed by atoms with E-state index in [0.717, 1.165) is 33.3 Å². The number of thioether (sulfide) groups is 1. The maximum absolute atomic E-state index is 12.7. The zero-order valence-electron chi connectivity index (χ0n) is 22.0.